The third-order valence-corrected chi connectivity index (χ3v) is 3.41. The zero-order valence-electron chi connectivity index (χ0n) is 11.1. The summed E-state index contributed by atoms with van der Waals surface area (Å²) in [5.41, 5.74) is 1.32. The van der Waals surface area contributed by atoms with Gasteiger partial charge in [0.05, 0.1) is 11.6 Å². The van der Waals surface area contributed by atoms with Gasteiger partial charge in [0.2, 0.25) is 0 Å². The van der Waals surface area contributed by atoms with E-state index in [1.807, 2.05) is 11.8 Å². The van der Waals surface area contributed by atoms with Gasteiger partial charge in [-0.1, -0.05) is 23.7 Å². The van der Waals surface area contributed by atoms with E-state index in [0.29, 0.717) is 17.1 Å². The predicted molar refractivity (Wildman–Crippen MR) is 80.1 cm³/mol. The highest BCUT2D eigenvalue weighted by atomic mass is 35.5. The number of anilines is 1. The third-order valence-electron chi connectivity index (χ3n) is 3.08. The van der Waals surface area contributed by atoms with Crippen LogP contribution < -0.4 is 4.90 Å². The molecule has 0 amide bonds. The van der Waals surface area contributed by atoms with Crippen LogP contribution >= 0.6 is 11.6 Å². The molecule has 4 heteroatoms. The maximum Gasteiger partial charge on any atom is 0.183 e. The molecule has 104 valence electrons. The van der Waals surface area contributed by atoms with Crippen molar-refractivity contribution < 1.29 is 9.18 Å². The minimum atomic E-state index is -0.290. The van der Waals surface area contributed by atoms with Gasteiger partial charge in [0.15, 0.2) is 5.78 Å². The van der Waals surface area contributed by atoms with Crippen LogP contribution in [0, 0.1) is 5.82 Å². The van der Waals surface area contributed by atoms with Crippen molar-refractivity contribution in [1.82, 2.24) is 0 Å². The molecule has 20 heavy (non-hydrogen) atoms. The van der Waals surface area contributed by atoms with Crippen LogP contribution in [-0.4, -0.2) is 18.9 Å². The Morgan fingerprint density at radius 2 is 1.80 bits per heavy atom. The lowest BCUT2D eigenvalue weighted by Gasteiger charge is -2.22. The Bertz CT molecular complexity index is 598. The Labute approximate surface area is 122 Å². The molecule has 0 aliphatic carbocycles. The summed E-state index contributed by atoms with van der Waals surface area (Å²) >= 11 is 6.02. The number of halogens is 2. The smallest absolute Gasteiger partial charge is 0.183 e. The predicted octanol–water partition coefficient (Wildman–Crippen LogP) is 4.19. The molecule has 0 fully saturated rings. The molecule has 0 bridgehead atoms. The topological polar surface area (TPSA) is 20.3 Å². The first-order chi connectivity index (χ1) is 9.61. The van der Waals surface area contributed by atoms with E-state index in [4.69, 9.17) is 11.6 Å². The first-order valence-corrected chi connectivity index (χ1v) is 6.78. The number of Topliss-reactive ketones (excluding diaryl/α,β-unsaturated/α-hetero) is 1. The van der Waals surface area contributed by atoms with Crippen LogP contribution in [0.25, 0.3) is 0 Å². The van der Waals surface area contributed by atoms with Crippen LogP contribution in [0.5, 0.6) is 0 Å². The summed E-state index contributed by atoms with van der Waals surface area (Å²) in [5.74, 6) is -0.344. The van der Waals surface area contributed by atoms with Crippen molar-refractivity contribution in [2.75, 3.05) is 18.0 Å². The Hall–Kier alpha value is -1.87. The van der Waals surface area contributed by atoms with Gasteiger partial charge in [0.1, 0.15) is 5.82 Å². The van der Waals surface area contributed by atoms with Crippen LogP contribution in [0.2, 0.25) is 5.02 Å². The molecule has 2 rings (SSSR count). The average molecular weight is 292 g/mol. The molecule has 2 aromatic rings. The van der Waals surface area contributed by atoms with Gasteiger partial charge in [-0.3, -0.25) is 4.79 Å². The summed E-state index contributed by atoms with van der Waals surface area (Å²) in [4.78, 5) is 14.2. The highest BCUT2D eigenvalue weighted by Crippen LogP contribution is 2.19. The van der Waals surface area contributed by atoms with E-state index in [2.05, 4.69) is 0 Å². The molecule has 0 aliphatic heterocycles. The molecule has 0 aliphatic rings. The highest BCUT2D eigenvalue weighted by molar-refractivity contribution is 6.34. The maximum absolute atomic E-state index is 12.9. The van der Waals surface area contributed by atoms with Crippen LogP contribution in [-0.2, 0) is 0 Å². The number of carbonyl (C=O) groups excluding carboxylic acids is 1. The van der Waals surface area contributed by atoms with Gasteiger partial charge in [-0.15, -0.1) is 0 Å². The van der Waals surface area contributed by atoms with Crippen LogP contribution in [0.15, 0.2) is 48.5 Å². The number of hydrogen-bond acceptors (Lipinski definition) is 2. The van der Waals surface area contributed by atoms with Gasteiger partial charge in [-0.2, -0.15) is 0 Å². The van der Waals surface area contributed by atoms with Gasteiger partial charge in [0.25, 0.3) is 0 Å². The minimum Gasteiger partial charge on any atom is -0.364 e. The number of ketones is 1. The Morgan fingerprint density at radius 3 is 2.40 bits per heavy atom. The largest absolute Gasteiger partial charge is 0.364 e. The number of hydrogen-bond donors (Lipinski definition) is 0. The Balaban J connectivity index is 2.16. The molecule has 0 spiro atoms. The van der Waals surface area contributed by atoms with Crippen molar-refractivity contribution in [3.63, 3.8) is 0 Å². The molecular weight excluding hydrogens is 277 g/mol. The summed E-state index contributed by atoms with van der Waals surface area (Å²) in [6.45, 7) is 2.82. The average Bonchev–Trinajstić information content (AvgIpc) is 2.46. The van der Waals surface area contributed by atoms with E-state index in [-0.39, 0.29) is 18.1 Å². The second kappa shape index (κ2) is 6.53. The van der Waals surface area contributed by atoms with Crippen LogP contribution in [0.1, 0.15) is 17.3 Å². The lowest BCUT2D eigenvalue weighted by Crippen LogP contribution is -2.29. The molecule has 0 unspecified atom stereocenters. The number of carbonyl (C=O) groups is 1. The SMILES string of the molecule is CCN(CC(=O)c1ccccc1Cl)c1ccc(F)cc1. The minimum absolute atomic E-state index is 0.0539. The van der Waals surface area contributed by atoms with E-state index < -0.39 is 0 Å². The summed E-state index contributed by atoms with van der Waals surface area (Å²) in [7, 11) is 0. The third kappa shape index (κ3) is 3.36. The van der Waals surface area contributed by atoms with E-state index >= 15 is 0 Å². The summed E-state index contributed by atoms with van der Waals surface area (Å²) in [6, 6.07) is 13.1. The van der Waals surface area contributed by atoms with Crippen molar-refractivity contribution >= 4 is 23.1 Å². The van der Waals surface area contributed by atoms with Gasteiger partial charge in [-0.05, 0) is 43.3 Å². The van der Waals surface area contributed by atoms with Crippen molar-refractivity contribution in [2.45, 2.75) is 6.92 Å². The van der Waals surface area contributed by atoms with E-state index in [9.17, 15) is 9.18 Å². The van der Waals surface area contributed by atoms with Crippen molar-refractivity contribution in [2.24, 2.45) is 0 Å². The Morgan fingerprint density at radius 1 is 1.15 bits per heavy atom. The van der Waals surface area contributed by atoms with Crippen molar-refractivity contribution in [3.05, 3.63) is 64.9 Å². The molecular formula is C16H15ClFNO. The fourth-order valence-electron chi connectivity index (χ4n) is 1.98. The van der Waals surface area contributed by atoms with Crippen molar-refractivity contribution in [3.8, 4) is 0 Å². The van der Waals surface area contributed by atoms with Gasteiger partial charge in [0, 0.05) is 17.8 Å². The number of likely N-dealkylation sites (N-methyl/N-ethyl adjacent to an activating group) is 1. The molecule has 0 saturated carbocycles. The molecule has 0 aromatic heterocycles. The van der Waals surface area contributed by atoms with E-state index in [1.165, 1.54) is 12.1 Å². The maximum atomic E-state index is 12.9. The molecule has 0 heterocycles. The van der Waals surface area contributed by atoms with Crippen molar-refractivity contribution in [1.29, 1.82) is 0 Å². The van der Waals surface area contributed by atoms with E-state index in [0.717, 1.165) is 5.69 Å². The van der Waals surface area contributed by atoms with E-state index in [1.54, 1.807) is 36.4 Å². The molecule has 2 nitrogen and oxygen atoms in total. The Kier molecular flexibility index (Phi) is 4.74. The first kappa shape index (κ1) is 14.5. The summed E-state index contributed by atoms with van der Waals surface area (Å²) < 4.78 is 12.9. The number of benzene rings is 2. The first-order valence-electron chi connectivity index (χ1n) is 6.40. The normalized spacial score (nSPS) is 10.3. The fraction of sp³-hybridized carbons (Fsp3) is 0.188. The van der Waals surface area contributed by atoms with Crippen LogP contribution in [0.3, 0.4) is 0 Å². The second-order valence-corrected chi connectivity index (χ2v) is 4.80. The molecule has 0 saturated heterocycles. The zero-order chi connectivity index (χ0) is 14.5. The van der Waals surface area contributed by atoms with Gasteiger partial charge >= 0.3 is 0 Å². The van der Waals surface area contributed by atoms with Gasteiger partial charge < -0.3 is 4.90 Å². The molecule has 2 aromatic carbocycles. The lowest BCUT2D eigenvalue weighted by molar-refractivity contribution is 0.0999. The number of rotatable bonds is 5. The zero-order valence-corrected chi connectivity index (χ0v) is 11.9. The quantitative estimate of drug-likeness (QED) is 0.770. The molecule has 0 N–H and O–H groups in total. The van der Waals surface area contributed by atoms with Crippen LogP contribution in [0.4, 0.5) is 10.1 Å². The fourth-order valence-corrected chi connectivity index (χ4v) is 2.22. The standard InChI is InChI=1S/C16H15ClFNO/c1-2-19(13-9-7-12(18)8-10-13)11-16(20)14-5-3-4-6-15(14)17/h3-10H,2,11H2,1H3. The monoisotopic (exact) mass is 291 g/mol. The summed E-state index contributed by atoms with van der Waals surface area (Å²) in [5, 5.41) is 0.452. The lowest BCUT2D eigenvalue weighted by atomic mass is 10.1. The van der Waals surface area contributed by atoms with Gasteiger partial charge in [-0.25, -0.2) is 4.39 Å². The number of nitrogens with zero attached hydrogens (tertiary/aromatic N) is 1. The molecule has 0 atom stereocenters. The second-order valence-electron chi connectivity index (χ2n) is 4.39. The highest BCUT2D eigenvalue weighted by Gasteiger charge is 2.14. The summed E-state index contributed by atoms with van der Waals surface area (Å²) in [6.07, 6.45) is 0. The molecule has 0 radical (unpaired) electrons.